The van der Waals surface area contributed by atoms with Crippen molar-refractivity contribution in [1.82, 2.24) is 0 Å². The lowest BCUT2D eigenvalue weighted by atomic mass is 9.85. The Bertz CT molecular complexity index is 1380. The molecule has 1 fully saturated rings. The van der Waals surface area contributed by atoms with Gasteiger partial charge in [0.05, 0.1) is 13.2 Å². The van der Waals surface area contributed by atoms with Crippen molar-refractivity contribution in [1.29, 1.82) is 0 Å². The summed E-state index contributed by atoms with van der Waals surface area (Å²) in [6.07, 6.45) is 42.2. The maximum Gasteiger partial charge on any atom is 0.472 e. The van der Waals surface area contributed by atoms with Gasteiger partial charge >= 0.3 is 13.8 Å². The van der Waals surface area contributed by atoms with E-state index in [0.29, 0.717) is 13.0 Å². The highest BCUT2D eigenvalue weighted by Gasteiger charge is 2.51. The van der Waals surface area contributed by atoms with Crippen molar-refractivity contribution in [2.24, 2.45) is 0 Å². The minimum atomic E-state index is -5.03. The standard InChI is InChI=1S/C51H87O12P/c1-3-5-7-9-11-13-15-17-19-20-21-22-23-24-25-26-27-28-30-32-34-36-38-40-45(52)62-44(42-60-41-39-37-35-33-31-29-18-16-14-12-10-8-6-4-2)43-61-64(58,59)63-51-49(56)47(54)46(53)48(55)50(51)57/h5,7,11,13-14,16-17,19,21-22,24-25,27-28,44,46-51,53-57H,3-4,6,8-10,12,15,18,20,23,26,29-43H2,1-2H3,(H,58,59)/b7-5-,13-11-,16-14-,19-17-,22-21-,25-24-,28-27-. The van der Waals surface area contributed by atoms with E-state index in [-0.39, 0.29) is 13.0 Å². The van der Waals surface area contributed by atoms with Gasteiger partial charge in [0, 0.05) is 13.0 Å². The minimum absolute atomic E-state index is 0.0965. The number of aliphatic hydroxyl groups excluding tert-OH is 5. The van der Waals surface area contributed by atoms with Crippen LogP contribution in [0.25, 0.3) is 0 Å². The second-order valence-corrected chi connectivity index (χ2v) is 18.0. The van der Waals surface area contributed by atoms with E-state index in [1.807, 2.05) is 0 Å². The quantitative estimate of drug-likeness (QED) is 0.0148. The molecule has 0 amide bonds. The van der Waals surface area contributed by atoms with Crippen LogP contribution < -0.4 is 0 Å². The fraction of sp³-hybridized carbons (Fsp3) is 0.706. The zero-order valence-electron chi connectivity index (χ0n) is 39.3. The maximum atomic E-state index is 12.8. The molecule has 0 aromatic rings. The van der Waals surface area contributed by atoms with Crippen molar-refractivity contribution in [3.05, 3.63) is 85.1 Å². The molecule has 368 valence electrons. The summed E-state index contributed by atoms with van der Waals surface area (Å²) >= 11 is 0. The Hall–Kier alpha value is -2.48. The smallest absolute Gasteiger partial charge is 0.457 e. The maximum absolute atomic E-state index is 12.8. The van der Waals surface area contributed by atoms with E-state index in [4.69, 9.17) is 18.5 Å². The van der Waals surface area contributed by atoms with Crippen molar-refractivity contribution in [2.75, 3.05) is 19.8 Å². The van der Waals surface area contributed by atoms with Crippen LogP contribution in [0.5, 0.6) is 0 Å². The second-order valence-electron chi connectivity index (χ2n) is 16.6. The van der Waals surface area contributed by atoms with E-state index in [2.05, 4.69) is 98.9 Å². The summed E-state index contributed by atoms with van der Waals surface area (Å²) < 4.78 is 34.2. The van der Waals surface area contributed by atoms with Gasteiger partial charge in [0.2, 0.25) is 0 Å². The molecule has 1 aliphatic rings. The molecule has 1 rings (SSSR count). The summed E-state index contributed by atoms with van der Waals surface area (Å²) in [6.45, 7) is 4.08. The third-order valence-corrected chi connectivity index (χ3v) is 11.7. The lowest BCUT2D eigenvalue weighted by molar-refractivity contribution is -0.220. The molecule has 0 aromatic heterocycles. The molecule has 0 radical (unpaired) electrons. The van der Waals surface area contributed by atoms with Crippen molar-refractivity contribution >= 4 is 13.8 Å². The van der Waals surface area contributed by atoms with E-state index >= 15 is 0 Å². The first kappa shape index (κ1) is 59.5. The number of esters is 1. The van der Waals surface area contributed by atoms with Crippen LogP contribution in [0.4, 0.5) is 0 Å². The van der Waals surface area contributed by atoms with E-state index < -0.39 is 63.1 Å². The zero-order valence-corrected chi connectivity index (χ0v) is 40.2. The molecule has 0 aromatic carbocycles. The number of phosphoric ester groups is 1. The number of aliphatic hydroxyl groups is 5. The number of rotatable bonds is 40. The Morgan fingerprint density at radius 3 is 1.42 bits per heavy atom. The van der Waals surface area contributed by atoms with Crippen molar-refractivity contribution in [3.63, 3.8) is 0 Å². The molecule has 1 aliphatic carbocycles. The molecule has 6 unspecified atom stereocenters. The minimum Gasteiger partial charge on any atom is -0.457 e. The molecule has 64 heavy (non-hydrogen) atoms. The van der Waals surface area contributed by atoms with Gasteiger partial charge in [-0.25, -0.2) is 4.57 Å². The Labute approximate surface area is 386 Å². The fourth-order valence-electron chi connectivity index (χ4n) is 6.88. The molecule has 0 aliphatic heterocycles. The summed E-state index contributed by atoms with van der Waals surface area (Å²) in [6, 6.07) is 0. The van der Waals surface area contributed by atoms with E-state index in [1.165, 1.54) is 44.9 Å². The third-order valence-electron chi connectivity index (χ3n) is 10.8. The van der Waals surface area contributed by atoms with Crippen LogP contribution in [0.15, 0.2) is 85.1 Å². The van der Waals surface area contributed by atoms with Crippen LogP contribution in [-0.2, 0) is 27.9 Å². The van der Waals surface area contributed by atoms with Gasteiger partial charge in [0.25, 0.3) is 0 Å². The Morgan fingerprint density at radius 1 is 0.516 bits per heavy atom. The van der Waals surface area contributed by atoms with Crippen LogP contribution >= 0.6 is 7.82 Å². The van der Waals surface area contributed by atoms with Gasteiger partial charge in [-0.2, -0.15) is 0 Å². The van der Waals surface area contributed by atoms with Gasteiger partial charge in [-0.15, -0.1) is 0 Å². The normalized spacial score (nSPS) is 22.4. The van der Waals surface area contributed by atoms with Crippen LogP contribution in [0, 0.1) is 0 Å². The number of allylic oxidation sites excluding steroid dienone is 14. The highest BCUT2D eigenvalue weighted by Crippen LogP contribution is 2.47. The lowest BCUT2D eigenvalue weighted by Crippen LogP contribution is -2.64. The molecule has 12 nitrogen and oxygen atoms in total. The predicted molar refractivity (Wildman–Crippen MR) is 258 cm³/mol. The van der Waals surface area contributed by atoms with Gasteiger partial charge in [0.15, 0.2) is 0 Å². The summed E-state index contributed by atoms with van der Waals surface area (Å²) in [4.78, 5) is 23.2. The van der Waals surface area contributed by atoms with Crippen LogP contribution in [-0.4, -0.2) is 98.9 Å². The highest BCUT2D eigenvalue weighted by atomic mass is 31.2. The molecular weight excluding hydrogens is 836 g/mol. The Kier molecular flexibility index (Phi) is 37.9. The molecule has 0 bridgehead atoms. The Morgan fingerprint density at radius 2 is 0.922 bits per heavy atom. The average molecular weight is 923 g/mol. The van der Waals surface area contributed by atoms with Gasteiger partial charge in [-0.1, -0.05) is 157 Å². The first-order chi connectivity index (χ1) is 31.0. The number of unbranched alkanes of at least 4 members (excludes halogenated alkanes) is 14. The predicted octanol–water partition coefficient (Wildman–Crippen LogP) is 10.5. The van der Waals surface area contributed by atoms with Crippen LogP contribution in [0.2, 0.25) is 0 Å². The summed E-state index contributed by atoms with van der Waals surface area (Å²) in [5.74, 6) is -0.507. The topological polar surface area (TPSA) is 192 Å². The molecular formula is C51H87O12P. The number of hydrogen-bond donors (Lipinski definition) is 6. The van der Waals surface area contributed by atoms with Gasteiger partial charge in [0.1, 0.15) is 42.7 Å². The molecule has 6 atom stereocenters. The molecule has 0 heterocycles. The molecule has 0 spiro atoms. The SMILES string of the molecule is CC/C=C\C/C=C\C/C=C\C/C=C\C/C=C\C/C=C\CCCCCCC(=O)OC(COCCCCCCCC/C=C\CCCCCC)COP(=O)(O)OC1C(O)C(O)C(O)C(O)C1O. The first-order valence-electron chi connectivity index (χ1n) is 24.4. The van der Waals surface area contributed by atoms with Gasteiger partial charge in [-0.3, -0.25) is 13.8 Å². The van der Waals surface area contributed by atoms with E-state index in [0.717, 1.165) is 96.3 Å². The van der Waals surface area contributed by atoms with Crippen molar-refractivity contribution in [2.45, 2.75) is 211 Å². The zero-order chi connectivity index (χ0) is 46.9. The van der Waals surface area contributed by atoms with E-state index in [9.17, 15) is 39.8 Å². The molecule has 1 saturated carbocycles. The number of carbonyl (C=O) groups is 1. The summed E-state index contributed by atoms with van der Waals surface area (Å²) in [5, 5.41) is 50.2. The average Bonchev–Trinajstić information content (AvgIpc) is 3.28. The molecule has 0 saturated heterocycles. The van der Waals surface area contributed by atoms with Crippen LogP contribution in [0.1, 0.15) is 168 Å². The second kappa shape index (κ2) is 40.8. The molecule has 6 N–H and O–H groups in total. The first-order valence-corrected chi connectivity index (χ1v) is 25.9. The highest BCUT2D eigenvalue weighted by molar-refractivity contribution is 7.47. The Balaban J connectivity index is 2.40. The third kappa shape index (κ3) is 32.2. The monoisotopic (exact) mass is 923 g/mol. The summed E-state index contributed by atoms with van der Waals surface area (Å²) in [5.41, 5.74) is 0. The van der Waals surface area contributed by atoms with Crippen LogP contribution in [0.3, 0.4) is 0 Å². The van der Waals surface area contributed by atoms with Gasteiger partial charge in [-0.05, 0) is 89.9 Å². The number of hydrogen-bond acceptors (Lipinski definition) is 11. The lowest BCUT2D eigenvalue weighted by Gasteiger charge is -2.41. The number of carbonyl (C=O) groups excluding carboxylic acids is 1. The van der Waals surface area contributed by atoms with E-state index in [1.54, 1.807) is 0 Å². The van der Waals surface area contributed by atoms with Crippen molar-refractivity contribution < 1.29 is 58.3 Å². The molecule has 13 heteroatoms. The van der Waals surface area contributed by atoms with Gasteiger partial charge < -0.3 is 39.9 Å². The fourth-order valence-corrected chi connectivity index (χ4v) is 7.85. The summed E-state index contributed by atoms with van der Waals surface area (Å²) in [7, 11) is -5.03. The number of phosphoric acid groups is 1. The van der Waals surface area contributed by atoms with Crippen molar-refractivity contribution in [3.8, 4) is 0 Å². The largest absolute Gasteiger partial charge is 0.472 e. The number of ether oxygens (including phenoxy) is 2.